The molecule has 1 heterocycles. The summed E-state index contributed by atoms with van der Waals surface area (Å²) in [6.07, 6.45) is 2.14. The second-order valence-electron chi connectivity index (χ2n) is 9.35. The summed E-state index contributed by atoms with van der Waals surface area (Å²) in [6, 6.07) is 9.28. The molecule has 0 unspecified atom stereocenters. The molecule has 162 valence electrons. The largest absolute Gasteiger partial charge is 0.444 e. The summed E-state index contributed by atoms with van der Waals surface area (Å²) in [5.74, 6) is 0.470. The topological polar surface area (TPSA) is 53.1 Å². The lowest BCUT2D eigenvalue weighted by Crippen LogP contribution is -2.54. The lowest BCUT2D eigenvalue weighted by molar-refractivity contribution is -0.138. The van der Waals surface area contributed by atoms with Gasteiger partial charge in [0.1, 0.15) is 11.6 Å². The molecule has 1 saturated heterocycles. The average Bonchev–Trinajstić information content (AvgIpc) is 2.64. The number of piperidine rings is 1. The predicted octanol–water partition coefficient (Wildman–Crippen LogP) is 3.26. The lowest BCUT2D eigenvalue weighted by atomic mass is 9.96. The number of hydrogen-bond donors (Lipinski definition) is 0. The van der Waals surface area contributed by atoms with Crippen molar-refractivity contribution in [1.82, 2.24) is 14.7 Å². The minimum absolute atomic E-state index is 0.00525. The minimum Gasteiger partial charge on any atom is -0.444 e. The van der Waals surface area contributed by atoms with E-state index in [2.05, 4.69) is 19.0 Å². The van der Waals surface area contributed by atoms with Gasteiger partial charge in [0.2, 0.25) is 5.91 Å². The molecule has 1 aromatic rings. The van der Waals surface area contributed by atoms with Crippen molar-refractivity contribution in [1.29, 1.82) is 0 Å². The molecule has 1 aliphatic rings. The van der Waals surface area contributed by atoms with E-state index in [-0.39, 0.29) is 5.91 Å². The summed E-state index contributed by atoms with van der Waals surface area (Å²) in [5.41, 5.74) is 0.427. The summed E-state index contributed by atoms with van der Waals surface area (Å²) in [4.78, 5) is 31.8. The van der Waals surface area contributed by atoms with Crippen LogP contribution in [0.25, 0.3) is 0 Å². The van der Waals surface area contributed by atoms with E-state index in [4.69, 9.17) is 4.74 Å². The molecular formula is C23H37N3O3. The van der Waals surface area contributed by atoms with Crippen molar-refractivity contribution in [2.75, 3.05) is 40.8 Å². The van der Waals surface area contributed by atoms with Crippen molar-refractivity contribution in [2.45, 2.75) is 51.7 Å². The molecule has 29 heavy (non-hydrogen) atoms. The van der Waals surface area contributed by atoms with Crippen molar-refractivity contribution in [3.63, 3.8) is 0 Å². The summed E-state index contributed by atoms with van der Waals surface area (Å²) < 4.78 is 5.54. The quantitative estimate of drug-likeness (QED) is 0.732. The van der Waals surface area contributed by atoms with Crippen LogP contribution in [0.5, 0.6) is 0 Å². The highest BCUT2D eigenvalue weighted by Gasteiger charge is 2.35. The number of hydrogen-bond acceptors (Lipinski definition) is 4. The first-order valence-electron chi connectivity index (χ1n) is 10.5. The van der Waals surface area contributed by atoms with Gasteiger partial charge in [0.25, 0.3) is 0 Å². The summed E-state index contributed by atoms with van der Waals surface area (Å²) in [7, 11) is 5.80. The van der Waals surface area contributed by atoms with Crippen LogP contribution < -0.4 is 0 Å². The summed E-state index contributed by atoms with van der Waals surface area (Å²) in [6.45, 7) is 7.96. The second-order valence-corrected chi connectivity index (χ2v) is 9.35. The fraction of sp³-hybridized carbons (Fsp3) is 0.652. The number of ether oxygens (including phenoxy) is 1. The maximum Gasteiger partial charge on any atom is 0.410 e. The van der Waals surface area contributed by atoms with E-state index in [0.29, 0.717) is 12.3 Å². The van der Waals surface area contributed by atoms with Crippen LogP contribution in [0, 0.1) is 5.92 Å². The van der Waals surface area contributed by atoms with E-state index >= 15 is 0 Å². The van der Waals surface area contributed by atoms with Crippen LogP contribution in [0.3, 0.4) is 0 Å². The number of rotatable bonds is 6. The SMILES string of the molecule is CN(C)C[C@@H]1CCCN(C(=O)[C@@H](Cc2ccccc2)N(C)C(=O)OC(C)(C)C)C1. The molecule has 0 spiro atoms. The van der Waals surface area contributed by atoms with Crippen LogP contribution in [0.15, 0.2) is 30.3 Å². The number of carbonyl (C=O) groups is 2. The Kier molecular flexibility index (Phi) is 8.08. The first kappa shape index (κ1) is 23.2. The van der Waals surface area contributed by atoms with E-state index in [1.807, 2.05) is 56.0 Å². The molecule has 2 rings (SSSR count). The predicted molar refractivity (Wildman–Crippen MR) is 116 cm³/mol. The Hall–Kier alpha value is -2.08. The van der Waals surface area contributed by atoms with Crippen LogP contribution in [0.4, 0.5) is 4.79 Å². The van der Waals surface area contributed by atoms with Gasteiger partial charge < -0.3 is 14.5 Å². The fourth-order valence-corrected chi connectivity index (χ4v) is 3.83. The number of benzene rings is 1. The molecule has 2 amide bonds. The molecule has 1 fully saturated rings. The van der Waals surface area contributed by atoms with Gasteiger partial charge in [-0.25, -0.2) is 4.79 Å². The fourth-order valence-electron chi connectivity index (χ4n) is 3.83. The Bertz CT molecular complexity index is 670. The first-order valence-corrected chi connectivity index (χ1v) is 10.5. The van der Waals surface area contributed by atoms with Gasteiger partial charge in [0.05, 0.1) is 0 Å². The van der Waals surface area contributed by atoms with E-state index in [1.165, 1.54) is 4.90 Å². The molecule has 0 radical (unpaired) electrons. The van der Waals surface area contributed by atoms with Gasteiger partial charge in [0.15, 0.2) is 0 Å². The molecule has 0 aromatic heterocycles. The Morgan fingerprint density at radius 2 is 1.83 bits per heavy atom. The highest BCUT2D eigenvalue weighted by atomic mass is 16.6. The van der Waals surface area contributed by atoms with Crippen molar-refractivity contribution in [3.8, 4) is 0 Å². The average molecular weight is 404 g/mol. The van der Waals surface area contributed by atoms with Gasteiger partial charge in [-0.05, 0) is 59.2 Å². The van der Waals surface area contributed by atoms with E-state index in [9.17, 15) is 9.59 Å². The molecule has 0 bridgehead atoms. The number of likely N-dealkylation sites (N-methyl/N-ethyl adjacent to an activating group) is 1. The third kappa shape index (κ3) is 7.35. The molecule has 0 N–H and O–H groups in total. The Morgan fingerprint density at radius 3 is 2.41 bits per heavy atom. The Balaban J connectivity index is 2.19. The van der Waals surface area contributed by atoms with Gasteiger partial charge in [0, 0.05) is 33.1 Å². The number of nitrogens with zero attached hydrogens (tertiary/aromatic N) is 3. The standard InChI is InChI=1S/C23H37N3O3/c1-23(2,3)29-22(28)25(6)20(15-18-11-8-7-9-12-18)21(27)26-14-10-13-19(17-26)16-24(4)5/h7-9,11-12,19-20H,10,13-17H2,1-6H3/t19-,20+/m0/s1. The normalized spacial score (nSPS) is 18.4. The van der Waals surface area contributed by atoms with Crippen LogP contribution in [-0.2, 0) is 16.0 Å². The molecule has 0 aliphatic carbocycles. The third-order valence-electron chi connectivity index (χ3n) is 5.16. The number of amides is 2. The van der Waals surface area contributed by atoms with E-state index < -0.39 is 17.7 Å². The highest BCUT2D eigenvalue weighted by Crippen LogP contribution is 2.21. The van der Waals surface area contributed by atoms with Crippen molar-refractivity contribution < 1.29 is 14.3 Å². The first-order chi connectivity index (χ1) is 13.6. The monoisotopic (exact) mass is 403 g/mol. The second kappa shape index (κ2) is 10.1. The molecule has 6 nitrogen and oxygen atoms in total. The smallest absolute Gasteiger partial charge is 0.410 e. The molecule has 1 aliphatic heterocycles. The van der Waals surface area contributed by atoms with Crippen LogP contribution in [-0.4, -0.2) is 79.1 Å². The van der Waals surface area contributed by atoms with E-state index in [0.717, 1.165) is 38.0 Å². The molecular weight excluding hydrogens is 366 g/mol. The third-order valence-corrected chi connectivity index (χ3v) is 5.16. The van der Waals surface area contributed by atoms with E-state index in [1.54, 1.807) is 7.05 Å². The highest BCUT2D eigenvalue weighted by molar-refractivity contribution is 5.86. The van der Waals surface area contributed by atoms with Gasteiger partial charge in [-0.15, -0.1) is 0 Å². The number of carbonyl (C=O) groups excluding carboxylic acids is 2. The summed E-state index contributed by atoms with van der Waals surface area (Å²) in [5, 5.41) is 0. The Labute approximate surface area is 175 Å². The molecule has 0 saturated carbocycles. The van der Waals surface area contributed by atoms with Crippen molar-refractivity contribution >= 4 is 12.0 Å². The van der Waals surface area contributed by atoms with Crippen molar-refractivity contribution in [3.05, 3.63) is 35.9 Å². The lowest BCUT2D eigenvalue weighted by Gasteiger charge is -2.38. The summed E-state index contributed by atoms with van der Waals surface area (Å²) >= 11 is 0. The zero-order valence-electron chi connectivity index (χ0n) is 18.9. The number of likely N-dealkylation sites (tertiary alicyclic amines) is 1. The molecule has 1 aromatic carbocycles. The molecule has 6 heteroatoms. The maximum atomic E-state index is 13.5. The van der Waals surface area contributed by atoms with Gasteiger partial charge in [-0.1, -0.05) is 30.3 Å². The van der Waals surface area contributed by atoms with Crippen LogP contribution in [0.2, 0.25) is 0 Å². The maximum absolute atomic E-state index is 13.5. The van der Waals surface area contributed by atoms with Crippen LogP contribution >= 0.6 is 0 Å². The van der Waals surface area contributed by atoms with Crippen LogP contribution in [0.1, 0.15) is 39.2 Å². The zero-order valence-corrected chi connectivity index (χ0v) is 18.9. The zero-order chi connectivity index (χ0) is 21.6. The van der Waals surface area contributed by atoms with Gasteiger partial charge >= 0.3 is 6.09 Å². The minimum atomic E-state index is -0.604. The molecule has 2 atom stereocenters. The van der Waals surface area contributed by atoms with Gasteiger partial charge in [-0.3, -0.25) is 9.69 Å². The van der Waals surface area contributed by atoms with Gasteiger partial charge in [-0.2, -0.15) is 0 Å². The van der Waals surface area contributed by atoms with Crippen molar-refractivity contribution in [2.24, 2.45) is 5.92 Å². The Morgan fingerprint density at radius 1 is 1.17 bits per heavy atom.